The lowest BCUT2D eigenvalue weighted by atomic mass is 10.2. The quantitative estimate of drug-likeness (QED) is 0.662. The molecule has 0 spiro atoms. The second-order valence-corrected chi connectivity index (χ2v) is 5.92. The maximum Gasteiger partial charge on any atom is 0.422 e. The van der Waals surface area contributed by atoms with E-state index in [-0.39, 0.29) is 22.0 Å². The zero-order valence-corrected chi connectivity index (χ0v) is 14.1. The van der Waals surface area contributed by atoms with E-state index in [4.69, 9.17) is 11.6 Å². The molecule has 24 heavy (non-hydrogen) atoms. The molecule has 2 aromatic carbocycles. The first-order chi connectivity index (χ1) is 11.2. The molecule has 0 aliphatic rings. The SMILES string of the molecule is O=C(Nc1c(F)cccc1Cl)c1ccc(Br)cc1OCC(F)(F)F. The fraction of sp³-hybridized carbons (Fsp3) is 0.133. The van der Waals surface area contributed by atoms with Gasteiger partial charge in [-0.05, 0) is 30.3 Å². The van der Waals surface area contributed by atoms with Crippen molar-refractivity contribution in [1.29, 1.82) is 0 Å². The van der Waals surface area contributed by atoms with Gasteiger partial charge in [0.1, 0.15) is 11.6 Å². The molecule has 2 rings (SSSR count). The summed E-state index contributed by atoms with van der Waals surface area (Å²) in [6, 6.07) is 7.71. The lowest BCUT2D eigenvalue weighted by Crippen LogP contribution is -2.21. The van der Waals surface area contributed by atoms with Crippen molar-refractivity contribution in [2.75, 3.05) is 11.9 Å². The Labute approximate surface area is 147 Å². The van der Waals surface area contributed by atoms with Crippen LogP contribution in [0.25, 0.3) is 0 Å². The van der Waals surface area contributed by atoms with E-state index in [2.05, 4.69) is 26.0 Å². The number of carbonyl (C=O) groups is 1. The summed E-state index contributed by atoms with van der Waals surface area (Å²) in [6.07, 6.45) is -4.56. The van der Waals surface area contributed by atoms with Gasteiger partial charge >= 0.3 is 6.18 Å². The lowest BCUT2D eigenvalue weighted by molar-refractivity contribution is -0.153. The van der Waals surface area contributed by atoms with E-state index in [0.717, 1.165) is 6.07 Å². The van der Waals surface area contributed by atoms with E-state index < -0.39 is 24.5 Å². The predicted molar refractivity (Wildman–Crippen MR) is 85.1 cm³/mol. The number of halogens is 6. The third-order valence-electron chi connectivity index (χ3n) is 2.78. The first-order valence-electron chi connectivity index (χ1n) is 6.42. The normalized spacial score (nSPS) is 11.2. The molecule has 0 unspecified atom stereocenters. The van der Waals surface area contributed by atoms with Crippen LogP contribution in [0.15, 0.2) is 40.9 Å². The number of hydrogen-bond acceptors (Lipinski definition) is 2. The molecule has 0 radical (unpaired) electrons. The molecule has 0 heterocycles. The molecule has 1 amide bonds. The van der Waals surface area contributed by atoms with Gasteiger partial charge in [0.2, 0.25) is 0 Å². The Morgan fingerprint density at radius 3 is 2.58 bits per heavy atom. The summed E-state index contributed by atoms with van der Waals surface area (Å²) < 4.78 is 55.8. The molecule has 2 aromatic rings. The number of alkyl halides is 3. The summed E-state index contributed by atoms with van der Waals surface area (Å²) >= 11 is 8.89. The zero-order valence-electron chi connectivity index (χ0n) is 11.8. The highest BCUT2D eigenvalue weighted by atomic mass is 79.9. The van der Waals surface area contributed by atoms with Crippen LogP contribution in [0.2, 0.25) is 5.02 Å². The Morgan fingerprint density at radius 2 is 1.96 bits per heavy atom. The molecule has 0 aromatic heterocycles. The van der Waals surface area contributed by atoms with Crippen molar-refractivity contribution in [3.05, 3.63) is 57.3 Å². The fourth-order valence-electron chi connectivity index (χ4n) is 1.76. The van der Waals surface area contributed by atoms with E-state index in [1.807, 2.05) is 0 Å². The van der Waals surface area contributed by atoms with Crippen molar-refractivity contribution in [2.45, 2.75) is 6.18 Å². The minimum Gasteiger partial charge on any atom is -0.483 e. The minimum atomic E-state index is -4.56. The second-order valence-electron chi connectivity index (χ2n) is 4.60. The van der Waals surface area contributed by atoms with Crippen LogP contribution in [-0.4, -0.2) is 18.7 Å². The van der Waals surface area contributed by atoms with Crippen LogP contribution in [0.4, 0.5) is 23.2 Å². The molecule has 3 nitrogen and oxygen atoms in total. The Bertz CT molecular complexity index is 747. The maximum atomic E-state index is 13.7. The molecule has 0 saturated heterocycles. The number of hydrogen-bond donors (Lipinski definition) is 1. The van der Waals surface area contributed by atoms with E-state index in [1.54, 1.807) is 0 Å². The number of para-hydroxylation sites is 1. The van der Waals surface area contributed by atoms with Gasteiger partial charge in [0.05, 0.1) is 16.3 Å². The van der Waals surface area contributed by atoms with Crippen molar-refractivity contribution in [3.8, 4) is 5.75 Å². The number of rotatable bonds is 4. The highest BCUT2D eigenvalue weighted by Gasteiger charge is 2.29. The molecule has 0 aliphatic heterocycles. The van der Waals surface area contributed by atoms with Crippen LogP contribution < -0.4 is 10.1 Å². The molecule has 9 heteroatoms. The Morgan fingerprint density at radius 1 is 1.25 bits per heavy atom. The first-order valence-corrected chi connectivity index (χ1v) is 7.59. The number of benzene rings is 2. The van der Waals surface area contributed by atoms with Crippen LogP contribution in [0.5, 0.6) is 5.75 Å². The number of ether oxygens (including phenoxy) is 1. The van der Waals surface area contributed by atoms with Gasteiger partial charge in [-0.2, -0.15) is 13.2 Å². The van der Waals surface area contributed by atoms with Crippen LogP contribution in [0.1, 0.15) is 10.4 Å². The zero-order chi connectivity index (χ0) is 17.9. The maximum absolute atomic E-state index is 13.7. The summed E-state index contributed by atoms with van der Waals surface area (Å²) in [4.78, 5) is 12.3. The van der Waals surface area contributed by atoms with Gasteiger partial charge in [-0.1, -0.05) is 33.6 Å². The molecular formula is C15H9BrClF4NO2. The van der Waals surface area contributed by atoms with E-state index >= 15 is 0 Å². The summed E-state index contributed by atoms with van der Waals surface area (Å²) in [5, 5.41) is 2.19. The molecular weight excluding hydrogens is 418 g/mol. The molecule has 0 fully saturated rings. The van der Waals surface area contributed by atoms with Gasteiger partial charge < -0.3 is 10.1 Å². The third-order valence-corrected chi connectivity index (χ3v) is 3.59. The number of anilines is 1. The second kappa shape index (κ2) is 7.40. The highest BCUT2D eigenvalue weighted by molar-refractivity contribution is 9.10. The van der Waals surface area contributed by atoms with E-state index in [9.17, 15) is 22.4 Å². The number of nitrogens with one attached hydrogen (secondary N) is 1. The van der Waals surface area contributed by atoms with Gasteiger partial charge in [-0.15, -0.1) is 0 Å². The molecule has 0 aliphatic carbocycles. The molecule has 0 saturated carbocycles. The van der Waals surface area contributed by atoms with Crippen LogP contribution in [-0.2, 0) is 0 Å². The van der Waals surface area contributed by atoms with Crippen molar-refractivity contribution in [3.63, 3.8) is 0 Å². The Balaban J connectivity index is 2.29. The fourth-order valence-corrected chi connectivity index (χ4v) is 2.31. The standard InChI is InChI=1S/C15H9BrClF4NO2/c16-8-4-5-9(12(6-8)24-7-15(19,20)21)14(23)22-13-10(17)2-1-3-11(13)18/h1-6H,7H2,(H,22,23). The number of amides is 1. The largest absolute Gasteiger partial charge is 0.483 e. The average Bonchev–Trinajstić information content (AvgIpc) is 2.48. The van der Waals surface area contributed by atoms with E-state index in [1.165, 1.54) is 30.3 Å². The summed E-state index contributed by atoms with van der Waals surface area (Å²) in [7, 11) is 0. The Hall–Kier alpha value is -1.80. The third kappa shape index (κ3) is 4.85. The van der Waals surface area contributed by atoms with Crippen LogP contribution >= 0.6 is 27.5 Å². The van der Waals surface area contributed by atoms with Crippen LogP contribution in [0.3, 0.4) is 0 Å². The van der Waals surface area contributed by atoms with Gasteiger partial charge in [0, 0.05) is 4.47 Å². The Kier molecular flexibility index (Phi) is 5.71. The summed E-state index contributed by atoms with van der Waals surface area (Å²) in [5.41, 5.74) is -0.462. The summed E-state index contributed by atoms with van der Waals surface area (Å²) in [5.74, 6) is -1.93. The number of carbonyl (C=O) groups excluding carboxylic acids is 1. The van der Waals surface area contributed by atoms with Crippen LogP contribution in [0, 0.1) is 5.82 Å². The molecule has 128 valence electrons. The van der Waals surface area contributed by atoms with Gasteiger partial charge in [-0.3, -0.25) is 4.79 Å². The molecule has 0 bridgehead atoms. The smallest absolute Gasteiger partial charge is 0.422 e. The van der Waals surface area contributed by atoms with Crippen molar-refractivity contribution >= 4 is 39.1 Å². The summed E-state index contributed by atoms with van der Waals surface area (Å²) in [6.45, 7) is -1.57. The van der Waals surface area contributed by atoms with Crippen molar-refractivity contribution in [1.82, 2.24) is 0 Å². The molecule has 0 atom stereocenters. The topological polar surface area (TPSA) is 38.3 Å². The van der Waals surface area contributed by atoms with Gasteiger partial charge in [-0.25, -0.2) is 4.39 Å². The monoisotopic (exact) mass is 425 g/mol. The van der Waals surface area contributed by atoms with Crippen molar-refractivity contribution < 1.29 is 27.1 Å². The van der Waals surface area contributed by atoms with Gasteiger partial charge in [0.15, 0.2) is 6.61 Å². The van der Waals surface area contributed by atoms with Gasteiger partial charge in [0.25, 0.3) is 5.91 Å². The first kappa shape index (κ1) is 18.5. The average molecular weight is 427 g/mol. The highest BCUT2D eigenvalue weighted by Crippen LogP contribution is 2.29. The predicted octanol–water partition coefficient (Wildman–Crippen LogP) is 5.44. The van der Waals surface area contributed by atoms with Crippen molar-refractivity contribution in [2.24, 2.45) is 0 Å². The lowest BCUT2D eigenvalue weighted by Gasteiger charge is -2.14. The minimum absolute atomic E-state index is 0.0433. The van der Waals surface area contributed by atoms with E-state index in [0.29, 0.717) is 4.47 Å². The molecule has 1 N–H and O–H groups in total.